The van der Waals surface area contributed by atoms with Crippen LogP contribution >= 0.6 is 0 Å². The van der Waals surface area contributed by atoms with Gasteiger partial charge in [-0.1, -0.05) is 6.92 Å². The number of ether oxygens (including phenoxy) is 1. The Kier molecular flexibility index (Phi) is 4.30. The first-order chi connectivity index (χ1) is 9.17. The van der Waals surface area contributed by atoms with Crippen molar-refractivity contribution in [3.05, 3.63) is 23.8 Å². The molecule has 0 aromatic heterocycles. The highest BCUT2D eigenvalue weighted by molar-refractivity contribution is 5.96. The minimum atomic E-state index is -0.339. The van der Waals surface area contributed by atoms with E-state index in [9.17, 15) is 4.79 Å². The Bertz CT molecular complexity index is 455. The molecule has 1 fully saturated rings. The number of anilines is 2. The predicted molar refractivity (Wildman–Crippen MR) is 77.5 cm³/mol. The third-order valence-corrected chi connectivity index (χ3v) is 3.32. The first kappa shape index (κ1) is 13.7. The van der Waals surface area contributed by atoms with Crippen LogP contribution in [0.1, 0.15) is 43.5 Å². The van der Waals surface area contributed by atoms with Crippen molar-refractivity contribution >= 4 is 17.3 Å². The monoisotopic (exact) mass is 262 g/mol. The molecule has 0 radical (unpaired) electrons. The van der Waals surface area contributed by atoms with Crippen LogP contribution in [0.25, 0.3) is 0 Å². The third-order valence-electron chi connectivity index (χ3n) is 3.32. The molecule has 0 spiro atoms. The average molecular weight is 262 g/mol. The minimum Gasteiger partial charge on any atom is -0.462 e. The molecule has 0 bridgehead atoms. The third kappa shape index (κ3) is 3.19. The van der Waals surface area contributed by atoms with Crippen molar-refractivity contribution in [3.63, 3.8) is 0 Å². The molecule has 104 valence electrons. The molecule has 0 atom stereocenters. The first-order valence-electron chi connectivity index (χ1n) is 7.00. The van der Waals surface area contributed by atoms with E-state index in [-0.39, 0.29) is 5.97 Å². The number of carbonyl (C=O) groups excluding carboxylic acids is 1. The standard InChI is InChI=1S/C15H22N2O2/c1-3-9-17(11-5-6-11)12-7-8-14(16)13(10-12)15(18)19-4-2/h7-8,10-11H,3-6,9,16H2,1-2H3. The van der Waals surface area contributed by atoms with E-state index in [1.165, 1.54) is 12.8 Å². The van der Waals surface area contributed by atoms with Crippen LogP contribution in [0.4, 0.5) is 11.4 Å². The summed E-state index contributed by atoms with van der Waals surface area (Å²) in [6.45, 7) is 5.34. The second kappa shape index (κ2) is 5.95. The van der Waals surface area contributed by atoms with Crippen LogP contribution in [0.15, 0.2) is 18.2 Å². The van der Waals surface area contributed by atoms with E-state index in [0.717, 1.165) is 18.7 Å². The lowest BCUT2D eigenvalue weighted by Gasteiger charge is -2.24. The zero-order valence-corrected chi connectivity index (χ0v) is 11.7. The molecule has 1 aliphatic rings. The number of hydrogen-bond donors (Lipinski definition) is 1. The maximum absolute atomic E-state index is 11.9. The summed E-state index contributed by atoms with van der Waals surface area (Å²) < 4.78 is 5.04. The zero-order valence-electron chi connectivity index (χ0n) is 11.7. The maximum atomic E-state index is 11.9. The van der Waals surface area contributed by atoms with Crippen molar-refractivity contribution in [1.82, 2.24) is 0 Å². The fourth-order valence-electron chi connectivity index (χ4n) is 2.26. The normalized spacial score (nSPS) is 14.2. The van der Waals surface area contributed by atoms with Gasteiger partial charge in [-0.05, 0) is 44.4 Å². The molecule has 1 aromatic rings. The van der Waals surface area contributed by atoms with E-state index < -0.39 is 0 Å². The summed E-state index contributed by atoms with van der Waals surface area (Å²) in [6, 6.07) is 6.28. The van der Waals surface area contributed by atoms with Gasteiger partial charge in [0.05, 0.1) is 12.2 Å². The van der Waals surface area contributed by atoms with Gasteiger partial charge in [-0.25, -0.2) is 4.79 Å². The van der Waals surface area contributed by atoms with Gasteiger partial charge in [0, 0.05) is 24.0 Å². The van der Waals surface area contributed by atoms with Crippen LogP contribution in [0.5, 0.6) is 0 Å². The summed E-state index contributed by atoms with van der Waals surface area (Å²) in [7, 11) is 0. The Balaban J connectivity index is 2.25. The number of esters is 1. The van der Waals surface area contributed by atoms with E-state index in [1.807, 2.05) is 12.1 Å². The Hall–Kier alpha value is -1.71. The summed E-state index contributed by atoms with van der Waals surface area (Å²) in [5, 5.41) is 0. The molecule has 1 aliphatic carbocycles. The smallest absolute Gasteiger partial charge is 0.340 e. The lowest BCUT2D eigenvalue weighted by molar-refractivity contribution is 0.0527. The molecular formula is C15H22N2O2. The van der Waals surface area contributed by atoms with E-state index in [1.54, 1.807) is 13.0 Å². The van der Waals surface area contributed by atoms with Crippen LogP contribution in [-0.4, -0.2) is 25.2 Å². The fraction of sp³-hybridized carbons (Fsp3) is 0.533. The fourth-order valence-corrected chi connectivity index (χ4v) is 2.26. The molecule has 2 rings (SSSR count). The molecule has 0 aliphatic heterocycles. The van der Waals surface area contributed by atoms with Gasteiger partial charge < -0.3 is 15.4 Å². The van der Waals surface area contributed by atoms with Gasteiger partial charge >= 0.3 is 5.97 Å². The summed E-state index contributed by atoms with van der Waals surface area (Å²) in [6.07, 6.45) is 3.56. The zero-order chi connectivity index (χ0) is 13.8. The minimum absolute atomic E-state index is 0.339. The Morgan fingerprint density at radius 1 is 1.42 bits per heavy atom. The molecule has 0 saturated heterocycles. The maximum Gasteiger partial charge on any atom is 0.340 e. The molecule has 4 nitrogen and oxygen atoms in total. The number of nitrogens with zero attached hydrogens (tertiary/aromatic N) is 1. The molecule has 1 aromatic carbocycles. The topological polar surface area (TPSA) is 55.6 Å². The number of nitrogen functional groups attached to an aromatic ring is 1. The van der Waals surface area contributed by atoms with Gasteiger partial charge in [-0.15, -0.1) is 0 Å². The van der Waals surface area contributed by atoms with Crippen molar-refractivity contribution in [3.8, 4) is 0 Å². The average Bonchev–Trinajstić information content (AvgIpc) is 3.21. The SMILES string of the molecule is CCCN(c1ccc(N)c(C(=O)OCC)c1)C1CC1. The van der Waals surface area contributed by atoms with Crippen molar-refractivity contribution in [2.45, 2.75) is 39.2 Å². The van der Waals surface area contributed by atoms with Gasteiger partial charge in [-0.3, -0.25) is 0 Å². The number of carbonyl (C=O) groups is 1. The molecular weight excluding hydrogens is 240 g/mol. The van der Waals surface area contributed by atoms with Gasteiger partial charge in [0.1, 0.15) is 0 Å². The Labute approximate surface area is 114 Å². The molecule has 0 unspecified atom stereocenters. The summed E-state index contributed by atoms with van der Waals surface area (Å²) in [5.41, 5.74) is 7.89. The van der Waals surface area contributed by atoms with Gasteiger partial charge in [-0.2, -0.15) is 0 Å². The van der Waals surface area contributed by atoms with E-state index in [4.69, 9.17) is 10.5 Å². The first-order valence-corrected chi connectivity index (χ1v) is 7.00. The van der Waals surface area contributed by atoms with E-state index in [0.29, 0.717) is 23.9 Å². The molecule has 2 N–H and O–H groups in total. The molecule has 1 saturated carbocycles. The number of nitrogens with two attached hydrogens (primary N) is 1. The Morgan fingerprint density at radius 3 is 2.74 bits per heavy atom. The van der Waals surface area contributed by atoms with E-state index in [2.05, 4.69) is 11.8 Å². The summed E-state index contributed by atoms with van der Waals surface area (Å²) in [4.78, 5) is 14.2. The van der Waals surface area contributed by atoms with Crippen LogP contribution in [0.2, 0.25) is 0 Å². The van der Waals surface area contributed by atoms with Crippen molar-refractivity contribution in [2.75, 3.05) is 23.8 Å². The van der Waals surface area contributed by atoms with Gasteiger partial charge in [0.15, 0.2) is 0 Å². The lowest BCUT2D eigenvalue weighted by Crippen LogP contribution is -2.26. The quantitative estimate of drug-likeness (QED) is 0.632. The highest BCUT2D eigenvalue weighted by Crippen LogP contribution is 2.33. The van der Waals surface area contributed by atoms with Crippen LogP contribution in [0.3, 0.4) is 0 Å². The van der Waals surface area contributed by atoms with E-state index >= 15 is 0 Å². The molecule has 0 heterocycles. The second-order valence-corrected chi connectivity index (χ2v) is 4.92. The predicted octanol–water partition coefficient (Wildman–Crippen LogP) is 2.82. The summed E-state index contributed by atoms with van der Waals surface area (Å²) in [5.74, 6) is -0.339. The molecule has 19 heavy (non-hydrogen) atoms. The lowest BCUT2D eigenvalue weighted by atomic mass is 10.1. The second-order valence-electron chi connectivity index (χ2n) is 4.92. The largest absolute Gasteiger partial charge is 0.462 e. The number of hydrogen-bond acceptors (Lipinski definition) is 4. The van der Waals surface area contributed by atoms with Crippen molar-refractivity contribution < 1.29 is 9.53 Å². The van der Waals surface area contributed by atoms with Crippen LogP contribution in [-0.2, 0) is 4.74 Å². The van der Waals surface area contributed by atoms with Crippen molar-refractivity contribution in [2.24, 2.45) is 0 Å². The molecule has 4 heteroatoms. The Morgan fingerprint density at radius 2 is 2.16 bits per heavy atom. The molecule has 0 amide bonds. The highest BCUT2D eigenvalue weighted by atomic mass is 16.5. The number of rotatable bonds is 6. The van der Waals surface area contributed by atoms with Crippen LogP contribution < -0.4 is 10.6 Å². The summed E-state index contributed by atoms with van der Waals surface area (Å²) >= 11 is 0. The van der Waals surface area contributed by atoms with Crippen molar-refractivity contribution in [1.29, 1.82) is 0 Å². The van der Waals surface area contributed by atoms with Gasteiger partial charge in [0.2, 0.25) is 0 Å². The van der Waals surface area contributed by atoms with Crippen LogP contribution in [0, 0.1) is 0 Å². The highest BCUT2D eigenvalue weighted by Gasteiger charge is 2.29. The number of benzene rings is 1. The van der Waals surface area contributed by atoms with Gasteiger partial charge in [0.25, 0.3) is 0 Å².